The number of nitrogens with zero attached hydrogens (tertiary/aromatic N) is 1. The van der Waals surface area contributed by atoms with E-state index in [1.54, 1.807) is 0 Å². The molecule has 0 spiro atoms. The minimum atomic E-state index is -5.42. The standard InChI is InChI=1S/C8H4F3NO3S/c9-8(10,11)16(13,14)6-4-15-5-2-1-3-12-7(5)6/h1-4H. The van der Waals surface area contributed by atoms with Gasteiger partial charge < -0.3 is 4.42 Å². The minimum Gasteiger partial charge on any atom is -0.461 e. The van der Waals surface area contributed by atoms with Crippen LogP contribution in [-0.4, -0.2) is 18.9 Å². The van der Waals surface area contributed by atoms with Crippen molar-refractivity contribution in [1.29, 1.82) is 0 Å². The molecule has 0 unspecified atom stereocenters. The van der Waals surface area contributed by atoms with Gasteiger partial charge in [0.2, 0.25) is 0 Å². The second kappa shape index (κ2) is 3.21. The molecule has 0 radical (unpaired) electrons. The summed E-state index contributed by atoms with van der Waals surface area (Å²) in [4.78, 5) is 2.59. The zero-order valence-corrected chi connectivity index (χ0v) is 8.34. The maximum absolute atomic E-state index is 12.3. The van der Waals surface area contributed by atoms with E-state index >= 15 is 0 Å². The van der Waals surface area contributed by atoms with Gasteiger partial charge in [-0.15, -0.1) is 0 Å². The Kier molecular flexibility index (Phi) is 2.19. The van der Waals surface area contributed by atoms with E-state index in [4.69, 9.17) is 0 Å². The Balaban J connectivity index is 2.75. The lowest BCUT2D eigenvalue weighted by molar-refractivity contribution is -0.0435. The maximum Gasteiger partial charge on any atom is 0.502 e. The van der Waals surface area contributed by atoms with Gasteiger partial charge in [-0.05, 0) is 12.1 Å². The maximum atomic E-state index is 12.3. The number of rotatable bonds is 1. The van der Waals surface area contributed by atoms with Crippen molar-refractivity contribution in [1.82, 2.24) is 4.98 Å². The largest absolute Gasteiger partial charge is 0.502 e. The fourth-order valence-electron chi connectivity index (χ4n) is 1.16. The van der Waals surface area contributed by atoms with E-state index in [9.17, 15) is 21.6 Å². The number of furan rings is 1. The van der Waals surface area contributed by atoms with Crippen molar-refractivity contribution in [3.8, 4) is 0 Å². The second-order valence-electron chi connectivity index (χ2n) is 2.90. The van der Waals surface area contributed by atoms with E-state index in [1.165, 1.54) is 18.3 Å². The van der Waals surface area contributed by atoms with Crippen molar-refractivity contribution in [2.45, 2.75) is 10.4 Å². The van der Waals surface area contributed by atoms with Crippen molar-refractivity contribution in [2.24, 2.45) is 0 Å². The van der Waals surface area contributed by atoms with Gasteiger partial charge in [-0.3, -0.25) is 4.98 Å². The molecule has 0 N–H and O–H groups in total. The predicted molar refractivity (Wildman–Crippen MR) is 47.2 cm³/mol. The molecule has 2 rings (SSSR count). The third kappa shape index (κ3) is 1.45. The van der Waals surface area contributed by atoms with Crippen LogP contribution in [0.3, 0.4) is 0 Å². The zero-order valence-electron chi connectivity index (χ0n) is 7.52. The predicted octanol–water partition coefficient (Wildman–Crippen LogP) is 2.12. The normalized spacial score (nSPS) is 13.2. The van der Waals surface area contributed by atoms with Crippen molar-refractivity contribution >= 4 is 20.9 Å². The van der Waals surface area contributed by atoms with Crippen LogP contribution < -0.4 is 0 Å². The molecular weight excluding hydrogens is 247 g/mol. The third-order valence-corrected chi connectivity index (χ3v) is 3.37. The van der Waals surface area contributed by atoms with Crippen molar-refractivity contribution in [3.63, 3.8) is 0 Å². The first-order valence-corrected chi connectivity index (χ1v) is 5.46. The van der Waals surface area contributed by atoms with Crippen LogP contribution in [0.25, 0.3) is 11.1 Å². The van der Waals surface area contributed by atoms with Crippen LogP contribution in [0.15, 0.2) is 33.9 Å². The molecule has 0 saturated carbocycles. The fraction of sp³-hybridized carbons (Fsp3) is 0.125. The number of hydrogen-bond acceptors (Lipinski definition) is 4. The van der Waals surface area contributed by atoms with Gasteiger partial charge in [-0.1, -0.05) is 0 Å². The highest BCUT2D eigenvalue weighted by Gasteiger charge is 2.48. The van der Waals surface area contributed by atoms with E-state index in [0.717, 1.165) is 0 Å². The Hall–Kier alpha value is -1.57. The van der Waals surface area contributed by atoms with Crippen LogP contribution in [-0.2, 0) is 9.84 Å². The molecule has 0 aliphatic heterocycles. The number of halogens is 3. The first-order chi connectivity index (χ1) is 7.34. The Morgan fingerprint density at radius 1 is 1.31 bits per heavy atom. The molecule has 0 fully saturated rings. The highest BCUT2D eigenvalue weighted by molar-refractivity contribution is 7.92. The van der Waals surface area contributed by atoms with Crippen molar-refractivity contribution < 1.29 is 26.0 Å². The van der Waals surface area contributed by atoms with Gasteiger partial charge in [0.25, 0.3) is 9.84 Å². The van der Waals surface area contributed by atoms with Crippen LogP contribution in [0, 0.1) is 0 Å². The Labute approximate surface area is 87.6 Å². The van der Waals surface area contributed by atoms with Crippen molar-refractivity contribution in [3.05, 3.63) is 24.6 Å². The molecule has 2 aromatic heterocycles. The molecule has 0 atom stereocenters. The lowest BCUT2D eigenvalue weighted by Crippen LogP contribution is -2.23. The van der Waals surface area contributed by atoms with Crippen molar-refractivity contribution in [2.75, 3.05) is 0 Å². The first-order valence-electron chi connectivity index (χ1n) is 3.97. The van der Waals surface area contributed by atoms with E-state index in [-0.39, 0.29) is 11.1 Å². The Morgan fingerprint density at radius 3 is 2.62 bits per heavy atom. The molecule has 0 aromatic carbocycles. The van der Waals surface area contributed by atoms with Gasteiger partial charge >= 0.3 is 5.51 Å². The molecule has 4 nitrogen and oxygen atoms in total. The highest BCUT2D eigenvalue weighted by atomic mass is 32.2. The number of hydrogen-bond donors (Lipinski definition) is 0. The summed E-state index contributed by atoms with van der Waals surface area (Å²) in [7, 11) is -5.42. The number of alkyl halides is 3. The number of aromatic nitrogens is 1. The first kappa shape index (κ1) is 10.9. The molecule has 16 heavy (non-hydrogen) atoms. The monoisotopic (exact) mass is 251 g/mol. The molecular formula is C8H4F3NO3S. The van der Waals surface area contributed by atoms with Gasteiger partial charge in [-0.25, -0.2) is 8.42 Å². The van der Waals surface area contributed by atoms with Crippen LogP contribution in [0.5, 0.6) is 0 Å². The molecule has 2 aromatic rings. The minimum absolute atomic E-state index is 0.00896. The lowest BCUT2D eigenvalue weighted by atomic mass is 10.4. The smallest absolute Gasteiger partial charge is 0.461 e. The summed E-state index contributed by atoms with van der Waals surface area (Å²) < 4.78 is 63.7. The van der Waals surface area contributed by atoms with E-state index in [0.29, 0.717) is 6.26 Å². The van der Waals surface area contributed by atoms with Crippen LogP contribution in [0.4, 0.5) is 13.2 Å². The number of pyridine rings is 1. The molecule has 0 aliphatic rings. The second-order valence-corrected chi connectivity index (χ2v) is 4.81. The van der Waals surface area contributed by atoms with Gasteiger partial charge in [-0.2, -0.15) is 13.2 Å². The average molecular weight is 251 g/mol. The van der Waals surface area contributed by atoms with Crippen LogP contribution in [0.2, 0.25) is 0 Å². The average Bonchev–Trinajstić information content (AvgIpc) is 2.59. The highest BCUT2D eigenvalue weighted by Crippen LogP contribution is 2.34. The van der Waals surface area contributed by atoms with Gasteiger partial charge in [0, 0.05) is 6.20 Å². The Bertz CT molecular complexity index is 629. The summed E-state index contributed by atoms with van der Waals surface area (Å²) in [6, 6.07) is 2.76. The van der Waals surface area contributed by atoms with Gasteiger partial charge in [0.05, 0.1) is 0 Å². The summed E-state index contributed by atoms with van der Waals surface area (Å²) in [5, 5.41) is 0. The molecule has 2 heterocycles. The van der Waals surface area contributed by atoms with Gasteiger partial charge in [0.15, 0.2) is 5.58 Å². The fourth-order valence-corrected chi connectivity index (χ4v) is 1.99. The van der Waals surface area contributed by atoms with Crippen LogP contribution in [0.1, 0.15) is 0 Å². The van der Waals surface area contributed by atoms with E-state index < -0.39 is 20.2 Å². The molecule has 8 heteroatoms. The lowest BCUT2D eigenvalue weighted by Gasteiger charge is -2.04. The number of fused-ring (bicyclic) bond motifs is 1. The number of sulfone groups is 1. The zero-order chi connectivity index (χ0) is 12.0. The topological polar surface area (TPSA) is 60.2 Å². The summed E-state index contributed by atoms with van der Waals surface area (Å²) in [6.07, 6.45) is 1.73. The summed E-state index contributed by atoms with van der Waals surface area (Å²) in [6.45, 7) is 0. The quantitative estimate of drug-likeness (QED) is 0.778. The molecule has 0 bridgehead atoms. The van der Waals surface area contributed by atoms with E-state index in [2.05, 4.69) is 9.40 Å². The molecule has 0 aliphatic carbocycles. The third-order valence-electron chi connectivity index (χ3n) is 1.89. The molecule has 0 amide bonds. The van der Waals surface area contributed by atoms with E-state index in [1.807, 2.05) is 0 Å². The SMILES string of the molecule is O=S(=O)(c1coc2cccnc12)C(F)(F)F. The van der Waals surface area contributed by atoms with Gasteiger partial charge in [0.1, 0.15) is 16.7 Å². The molecule has 0 saturated heterocycles. The summed E-state index contributed by atoms with van der Waals surface area (Å²) >= 11 is 0. The summed E-state index contributed by atoms with van der Waals surface area (Å²) in [5.41, 5.74) is -5.69. The molecule has 86 valence electrons. The van der Waals surface area contributed by atoms with Crippen LogP contribution >= 0.6 is 0 Å². The Morgan fingerprint density at radius 2 is 2.00 bits per heavy atom. The summed E-state index contributed by atoms with van der Waals surface area (Å²) in [5.74, 6) is 0.